The Hall–Kier alpha value is -0.420. The van der Waals surface area contributed by atoms with Gasteiger partial charge in [0.15, 0.2) is 0 Å². The molecule has 18 heavy (non-hydrogen) atoms. The maximum absolute atomic E-state index is 5.60. The Bertz CT molecular complexity index is 276. The zero-order valence-electron chi connectivity index (χ0n) is 11.3. The largest absolute Gasteiger partial charge is 0.353 e. The summed E-state index contributed by atoms with van der Waals surface area (Å²) >= 11 is 2.04. The van der Waals surface area contributed by atoms with Crippen LogP contribution in [0.5, 0.6) is 0 Å². The average Bonchev–Trinajstić information content (AvgIpc) is 3.01. The zero-order chi connectivity index (χ0) is 12.8. The highest BCUT2D eigenvalue weighted by Gasteiger charge is 2.27. The van der Waals surface area contributed by atoms with Gasteiger partial charge in [-0.2, -0.15) is 11.8 Å². The van der Waals surface area contributed by atoms with Crippen LogP contribution < -0.4 is 16.6 Å². The van der Waals surface area contributed by atoms with Crippen LogP contribution >= 0.6 is 11.8 Å². The summed E-state index contributed by atoms with van der Waals surface area (Å²) in [5.74, 6) is 7.58. The number of aliphatic imine (C=N–C) groups is 1. The van der Waals surface area contributed by atoms with E-state index in [4.69, 9.17) is 10.8 Å². The monoisotopic (exact) mass is 270 g/mol. The van der Waals surface area contributed by atoms with Gasteiger partial charge in [0, 0.05) is 11.3 Å². The highest BCUT2D eigenvalue weighted by atomic mass is 32.2. The van der Waals surface area contributed by atoms with E-state index in [1.165, 1.54) is 50.7 Å². The minimum atomic E-state index is 0.440. The van der Waals surface area contributed by atoms with Crippen LogP contribution in [-0.2, 0) is 0 Å². The van der Waals surface area contributed by atoms with E-state index in [-0.39, 0.29) is 0 Å². The molecule has 4 nitrogen and oxygen atoms in total. The van der Waals surface area contributed by atoms with Gasteiger partial charge in [0.05, 0.1) is 6.04 Å². The predicted octanol–water partition coefficient (Wildman–Crippen LogP) is 2.01. The lowest BCUT2D eigenvalue weighted by atomic mass is 10.2. The third-order valence-corrected chi connectivity index (χ3v) is 5.24. The van der Waals surface area contributed by atoms with E-state index >= 15 is 0 Å². The van der Waals surface area contributed by atoms with Crippen LogP contribution in [0.2, 0.25) is 0 Å². The molecule has 0 radical (unpaired) electrons. The standard InChI is InChI=1S/C13H26N4S/c1-2-18-12-9-5-8-11(12)16-13(17-14)15-10-6-3-4-7-10/h10-12H,2-9,14H2,1H3,(H2,15,16,17). The van der Waals surface area contributed by atoms with Gasteiger partial charge >= 0.3 is 0 Å². The molecule has 0 aromatic rings. The van der Waals surface area contributed by atoms with E-state index in [1.807, 2.05) is 11.8 Å². The fraction of sp³-hybridized carbons (Fsp3) is 0.923. The van der Waals surface area contributed by atoms with Crippen molar-refractivity contribution in [3.8, 4) is 0 Å². The molecule has 2 aliphatic carbocycles. The third-order valence-electron chi connectivity index (χ3n) is 3.93. The fourth-order valence-electron chi connectivity index (χ4n) is 3.01. The molecule has 2 unspecified atom stereocenters. The first kappa shape index (κ1) is 14.0. The molecule has 2 fully saturated rings. The number of nitrogens with two attached hydrogens (primary N) is 1. The van der Waals surface area contributed by atoms with Gasteiger partial charge in [-0.1, -0.05) is 26.2 Å². The summed E-state index contributed by atoms with van der Waals surface area (Å²) in [6, 6.07) is 1.01. The molecule has 0 heterocycles. The lowest BCUT2D eigenvalue weighted by Gasteiger charge is -2.19. The highest BCUT2D eigenvalue weighted by Crippen LogP contribution is 2.32. The highest BCUT2D eigenvalue weighted by molar-refractivity contribution is 7.99. The van der Waals surface area contributed by atoms with Crippen molar-refractivity contribution in [2.75, 3.05) is 5.75 Å². The van der Waals surface area contributed by atoms with E-state index in [9.17, 15) is 0 Å². The predicted molar refractivity (Wildman–Crippen MR) is 79.7 cm³/mol. The Balaban J connectivity index is 1.90. The molecule has 4 N–H and O–H groups in total. The number of thioether (sulfide) groups is 1. The molecular weight excluding hydrogens is 244 g/mol. The van der Waals surface area contributed by atoms with Crippen molar-refractivity contribution >= 4 is 17.7 Å². The zero-order valence-corrected chi connectivity index (χ0v) is 12.1. The van der Waals surface area contributed by atoms with Gasteiger partial charge in [-0.3, -0.25) is 5.43 Å². The van der Waals surface area contributed by atoms with Crippen LogP contribution in [0.25, 0.3) is 0 Å². The van der Waals surface area contributed by atoms with Gasteiger partial charge < -0.3 is 5.32 Å². The Morgan fingerprint density at radius 3 is 2.67 bits per heavy atom. The molecule has 0 saturated heterocycles. The van der Waals surface area contributed by atoms with Gasteiger partial charge in [0.2, 0.25) is 5.96 Å². The van der Waals surface area contributed by atoms with Gasteiger partial charge in [-0.05, 0) is 31.4 Å². The SMILES string of the molecule is CCSC1CCCC1N=C(NN)NC1CCCC1. The molecule has 2 atom stereocenters. The van der Waals surface area contributed by atoms with Crippen molar-refractivity contribution in [2.45, 2.75) is 69.2 Å². The van der Waals surface area contributed by atoms with Crippen molar-refractivity contribution in [1.82, 2.24) is 10.7 Å². The summed E-state index contributed by atoms with van der Waals surface area (Å²) in [6.45, 7) is 2.22. The van der Waals surface area contributed by atoms with Crippen LogP contribution in [0.4, 0.5) is 0 Å². The first-order valence-electron chi connectivity index (χ1n) is 7.26. The number of hydrogen-bond donors (Lipinski definition) is 3. The summed E-state index contributed by atoms with van der Waals surface area (Å²) in [6.07, 6.45) is 8.95. The summed E-state index contributed by atoms with van der Waals surface area (Å²) in [5.41, 5.74) is 2.75. The molecular formula is C13H26N4S. The molecule has 0 aromatic carbocycles. The second kappa shape index (κ2) is 7.24. The summed E-state index contributed by atoms with van der Waals surface area (Å²) in [4.78, 5) is 4.81. The van der Waals surface area contributed by atoms with Crippen LogP contribution in [0.1, 0.15) is 51.9 Å². The summed E-state index contributed by atoms with van der Waals surface area (Å²) in [5, 5.41) is 4.14. The first-order chi connectivity index (χ1) is 8.83. The van der Waals surface area contributed by atoms with Crippen LogP contribution in [0.15, 0.2) is 4.99 Å². The van der Waals surface area contributed by atoms with Crippen LogP contribution in [0, 0.1) is 0 Å². The Labute approximate surface area is 115 Å². The minimum absolute atomic E-state index is 0.440. The minimum Gasteiger partial charge on any atom is -0.353 e. The Kier molecular flexibility index (Phi) is 5.63. The van der Waals surface area contributed by atoms with Crippen LogP contribution in [0.3, 0.4) is 0 Å². The molecule has 0 aromatic heterocycles. The van der Waals surface area contributed by atoms with E-state index in [0.29, 0.717) is 17.3 Å². The topological polar surface area (TPSA) is 62.4 Å². The number of nitrogens with one attached hydrogen (secondary N) is 2. The quantitative estimate of drug-likeness (QED) is 0.316. The maximum atomic E-state index is 5.60. The molecule has 0 aliphatic heterocycles. The van der Waals surface area contributed by atoms with E-state index in [1.54, 1.807) is 0 Å². The first-order valence-corrected chi connectivity index (χ1v) is 8.31. The lowest BCUT2D eigenvalue weighted by molar-refractivity contribution is 0.605. The van der Waals surface area contributed by atoms with Gasteiger partial charge in [-0.25, -0.2) is 10.8 Å². The van der Waals surface area contributed by atoms with E-state index in [2.05, 4.69) is 17.7 Å². The average molecular weight is 270 g/mol. The van der Waals surface area contributed by atoms with Crippen LogP contribution in [-0.4, -0.2) is 29.0 Å². The van der Waals surface area contributed by atoms with Gasteiger partial charge in [0.1, 0.15) is 0 Å². The molecule has 0 bridgehead atoms. The summed E-state index contributed by atoms with van der Waals surface area (Å²) < 4.78 is 0. The smallest absolute Gasteiger partial charge is 0.206 e. The lowest BCUT2D eigenvalue weighted by Crippen LogP contribution is -2.46. The summed E-state index contributed by atoms with van der Waals surface area (Å²) in [7, 11) is 0. The third kappa shape index (κ3) is 3.79. The van der Waals surface area contributed by atoms with E-state index < -0.39 is 0 Å². The fourth-order valence-corrected chi connectivity index (χ4v) is 4.19. The van der Waals surface area contributed by atoms with E-state index in [0.717, 1.165) is 5.96 Å². The number of hydrogen-bond acceptors (Lipinski definition) is 3. The maximum Gasteiger partial charge on any atom is 0.206 e. The number of rotatable bonds is 4. The number of nitrogens with zero attached hydrogens (tertiary/aromatic N) is 1. The molecule has 0 amide bonds. The molecule has 5 heteroatoms. The number of guanidine groups is 1. The Morgan fingerprint density at radius 1 is 1.22 bits per heavy atom. The number of hydrazine groups is 1. The van der Waals surface area contributed by atoms with Crippen molar-refractivity contribution in [3.05, 3.63) is 0 Å². The molecule has 2 aliphatic rings. The molecule has 104 valence electrons. The second-order valence-corrected chi connectivity index (χ2v) is 6.76. The van der Waals surface area contributed by atoms with Crippen molar-refractivity contribution < 1.29 is 0 Å². The van der Waals surface area contributed by atoms with Crippen molar-refractivity contribution in [1.29, 1.82) is 0 Å². The normalized spacial score (nSPS) is 29.8. The van der Waals surface area contributed by atoms with Crippen molar-refractivity contribution in [2.24, 2.45) is 10.8 Å². The molecule has 0 spiro atoms. The van der Waals surface area contributed by atoms with Gasteiger partial charge in [0.25, 0.3) is 0 Å². The van der Waals surface area contributed by atoms with Crippen molar-refractivity contribution in [3.63, 3.8) is 0 Å². The second-order valence-electron chi connectivity index (χ2n) is 5.24. The van der Waals surface area contributed by atoms with Gasteiger partial charge in [-0.15, -0.1) is 0 Å². The molecule has 2 saturated carbocycles. The Morgan fingerprint density at radius 2 is 2.00 bits per heavy atom. The molecule has 2 rings (SSSR count).